The minimum absolute atomic E-state index is 0.153. The van der Waals surface area contributed by atoms with Crippen LogP contribution in [-0.4, -0.2) is 26.1 Å². The highest BCUT2D eigenvalue weighted by Crippen LogP contribution is 2.26. The van der Waals surface area contributed by atoms with Crippen molar-refractivity contribution >= 4 is 17.3 Å². The molecule has 0 unspecified atom stereocenters. The molecule has 1 heterocycles. The average Bonchev–Trinajstić information content (AvgIpc) is 3.11. The second-order valence-electron chi connectivity index (χ2n) is 5.85. The van der Waals surface area contributed by atoms with Crippen LogP contribution >= 0.6 is 0 Å². The highest BCUT2D eigenvalue weighted by molar-refractivity contribution is 6.06. The average molecular weight is 310 g/mol. The molecule has 1 N–H and O–H groups in total. The molecule has 0 spiro atoms. The normalized spacial score (nSPS) is 13.9. The maximum absolute atomic E-state index is 12.5. The Balaban J connectivity index is 1.78. The van der Waals surface area contributed by atoms with Gasteiger partial charge in [0.15, 0.2) is 0 Å². The zero-order valence-corrected chi connectivity index (χ0v) is 13.6. The number of rotatable bonds is 4. The molecule has 2 aromatic rings. The van der Waals surface area contributed by atoms with Crippen molar-refractivity contribution in [1.82, 2.24) is 0 Å². The summed E-state index contributed by atoms with van der Waals surface area (Å²) in [6, 6.07) is 13.4. The lowest BCUT2D eigenvalue weighted by Gasteiger charge is -2.19. The van der Waals surface area contributed by atoms with E-state index in [2.05, 4.69) is 22.3 Å². The number of methoxy groups -OCH3 is 1. The Bertz CT molecular complexity index is 706. The van der Waals surface area contributed by atoms with E-state index in [1.54, 1.807) is 19.2 Å². The standard InChI is InChI=1S/C19H22N2O2/c1-14-13-15(21-11-5-6-12-21)9-10-17(14)20-19(22)16-7-3-4-8-18(16)23-2/h3-4,7-10,13H,5-6,11-12H2,1-2H3,(H,20,22). The summed E-state index contributed by atoms with van der Waals surface area (Å²) in [5.74, 6) is 0.427. The van der Waals surface area contributed by atoms with E-state index in [9.17, 15) is 4.79 Å². The summed E-state index contributed by atoms with van der Waals surface area (Å²) < 4.78 is 5.25. The first-order valence-electron chi connectivity index (χ1n) is 7.99. The van der Waals surface area contributed by atoms with Crippen molar-refractivity contribution in [2.24, 2.45) is 0 Å². The van der Waals surface area contributed by atoms with Crippen molar-refractivity contribution in [3.05, 3.63) is 53.6 Å². The number of aryl methyl sites for hydroxylation is 1. The van der Waals surface area contributed by atoms with Gasteiger partial charge in [0.25, 0.3) is 5.91 Å². The first kappa shape index (κ1) is 15.4. The summed E-state index contributed by atoms with van der Waals surface area (Å²) in [6.07, 6.45) is 2.51. The van der Waals surface area contributed by atoms with Gasteiger partial charge in [-0.05, 0) is 55.7 Å². The van der Waals surface area contributed by atoms with Crippen LogP contribution in [0.15, 0.2) is 42.5 Å². The maximum atomic E-state index is 12.5. The van der Waals surface area contributed by atoms with Crippen LogP contribution in [0.2, 0.25) is 0 Å². The highest BCUT2D eigenvalue weighted by Gasteiger charge is 2.15. The van der Waals surface area contributed by atoms with Gasteiger partial charge in [-0.1, -0.05) is 12.1 Å². The predicted octanol–water partition coefficient (Wildman–Crippen LogP) is 3.86. The van der Waals surface area contributed by atoms with Gasteiger partial charge in [0.2, 0.25) is 0 Å². The number of hydrogen-bond acceptors (Lipinski definition) is 3. The molecule has 0 aromatic heterocycles. The van der Waals surface area contributed by atoms with Crippen molar-refractivity contribution < 1.29 is 9.53 Å². The molecule has 1 amide bonds. The van der Waals surface area contributed by atoms with E-state index in [0.29, 0.717) is 11.3 Å². The maximum Gasteiger partial charge on any atom is 0.259 e. The number of amides is 1. The van der Waals surface area contributed by atoms with Gasteiger partial charge in [-0.15, -0.1) is 0 Å². The molecule has 0 aliphatic carbocycles. The molecule has 2 aromatic carbocycles. The Kier molecular flexibility index (Phi) is 4.51. The number of nitrogens with one attached hydrogen (secondary N) is 1. The number of para-hydroxylation sites is 1. The van der Waals surface area contributed by atoms with E-state index in [1.165, 1.54) is 18.5 Å². The van der Waals surface area contributed by atoms with E-state index in [1.807, 2.05) is 25.1 Å². The molecule has 23 heavy (non-hydrogen) atoms. The minimum Gasteiger partial charge on any atom is -0.496 e. The second-order valence-corrected chi connectivity index (χ2v) is 5.85. The van der Waals surface area contributed by atoms with Crippen molar-refractivity contribution in [2.75, 3.05) is 30.4 Å². The Morgan fingerprint density at radius 1 is 1.13 bits per heavy atom. The van der Waals surface area contributed by atoms with Gasteiger partial charge >= 0.3 is 0 Å². The molecular formula is C19H22N2O2. The summed E-state index contributed by atoms with van der Waals surface area (Å²) in [5, 5.41) is 2.98. The lowest BCUT2D eigenvalue weighted by atomic mass is 10.1. The largest absolute Gasteiger partial charge is 0.496 e. The van der Waals surface area contributed by atoms with Crippen molar-refractivity contribution in [1.29, 1.82) is 0 Å². The molecule has 3 rings (SSSR count). The molecule has 120 valence electrons. The highest BCUT2D eigenvalue weighted by atomic mass is 16.5. The molecular weight excluding hydrogens is 288 g/mol. The zero-order valence-electron chi connectivity index (χ0n) is 13.6. The number of hydrogen-bond donors (Lipinski definition) is 1. The fourth-order valence-electron chi connectivity index (χ4n) is 2.98. The monoisotopic (exact) mass is 310 g/mol. The van der Waals surface area contributed by atoms with Crippen LogP contribution in [0.25, 0.3) is 0 Å². The van der Waals surface area contributed by atoms with E-state index in [-0.39, 0.29) is 5.91 Å². The Labute approximate surface area is 137 Å². The van der Waals surface area contributed by atoms with E-state index in [4.69, 9.17) is 4.74 Å². The van der Waals surface area contributed by atoms with Crippen LogP contribution < -0.4 is 15.0 Å². The van der Waals surface area contributed by atoms with Gasteiger partial charge < -0.3 is 15.0 Å². The lowest BCUT2D eigenvalue weighted by Crippen LogP contribution is -2.18. The smallest absolute Gasteiger partial charge is 0.259 e. The van der Waals surface area contributed by atoms with Crippen LogP contribution in [-0.2, 0) is 0 Å². The molecule has 1 aliphatic rings. The van der Waals surface area contributed by atoms with Gasteiger partial charge in [-0.3, -0.25) is 4.79 Å². The van der Waals surface area contributed by atoms with Crippen molar-refractivity contribution in [3.63, 3.8) is 0 Å². The van der Waals surface area contributed by atoms with Gasteiger partial charge in [-0.25, -0.2) is 0 Å². The fourth-order valence-corrected chi connectivity index (χ4v) is 2.98. The van der Waals surface area contributed by atoms with E-state index >= 15 is 0 Å². The Morgan fingerprint density at radius 3 is 2.57 bits per heavy atom. The van der Waals surface area contributed by atoms with E-state index < -0.39 is 0 Å². The van der Waals surface area contributed by atoms with Gasteiger partial charge in [0.1, 0.15) is 5.75 Å². The fraction of sp³-hybridized carbons (Fsp3) is 0.316. The quantitative estimate of drug-likeness (QED) is 0.932. The molecule has 0 radical (unpaired) electrons. The second kappa shape index (κ2) is 6.73. The molecule has 0 saturated carbocycles. The number of benzene rings is 2. The van der Waals surface area contributed by atoms with Gasteiger partial charge in [0.05, 0.1) is 12.7 Å². The van der Waals surface area contributed by atoms with Crippen molar-refractivity contribution in [2.45, 2.75) is 19.8 Å². The molecule has 4 heteroatoms. The van der Waals surface area contributed by atoms with E-state index in [0.717, 1.165) is 24.3 Å². The topological polar surface area (TPSA) is 41.6 Å². The van der Waals surface area contributed by atoms with Gasteiger partial charge in [-0.2, -0.15) is 0 Å². The number of anilines is 2. The summed E-state index contributed by atoms with van der Waals surface area (Å²) in [4.78, 5) is 14.9. The third-order valence-corrected chi connectivity index (χ3v) is 4.28. The van der Waals surface area contributed by atoms with Crippen LogP contribution in [0.4, 0.5) is 11.4 Å². The lowest BCUT2D eigenvalue weighted by molar-refractivity contribution is 0.102. The molecule has 1 saturated heterocycles. The molecule has 0 bridgehead atoms. The first-order chi connectivity index (χ1) is 11.2. The van der Waals surface area contributed by atoms with Gasteiger partial charge in [0, 0.05) is 24.5 Å². The number of carbonyl (C=O) groups is 1. The van der Waals surface area contributed by atoms with Crippen LogP contribution in [0.3, 0.4) is 0 Å². The molecule has 0 atom stereocenters. The zero-order chi connectivity index (χ0) is 16.2. The number of carbonyl (C=O) groups excluding carboxylic acids is 1. The summed E-state index contributed by atoms with van der Waals surface area (Å²) in [7, 11) is 1.57. The van der Waals surface area contributed by atoms with Crippen LogP contribution in [0.1, 0.15) is 28.8 Å². The summed E-state index contributed by atoms with van der Waals surface area (Å²) in [6.45, 7) is 4.26. The Morgan fingerprint density at radius 2 is 1.87 bits per heavy atom. The third kappa shape index (κ3) is 3.31. The third-order valence-electron chi connectivity index (χ3n) is 4.28. The minimum atomic E-state index is -0.153. The summed E-state index contributed by atoms with van der Waals surface area (Å²) >= 11 is 0. The van der Waals surface area contributed by atoms with Crippen LogP contribution in [0.5, 0.6) is 5.75 Å². The Hall–Kier alpha value is -2.49. The number of nitrogens with zero attached hydrogens (tertiary/aromatic N) is 1. The number of ether oxygens (including phenoxy) is 1. The SMILES string of the molecule is COc1ccccc1C(=O)Nc1ccc(N2CCCC2)cc1C. The van der Waals surface area contributed by atoms with Crippen molar-refractivity contribution in [3.8, 4) is 5.75 Å². The molecule has 4 nitrogen and oxygen atoms in total. The molecule has 1 aliphatic heterocycles. The van der Waals surface area contributed by atoms with Crippen LogP contribution in [0, 0.1) is 6.92 Å². The predicted molar refractivity (Wildman–Crippen MR) is 93.6 cm³/mol. The molecule has 1 fully saturated rings. The summed E-state index contributed by atoms with van der Waals surface area (Å²) in [5.41, 5.74) is 3.68. The first-order valence-corrected chi connectivity index (χ1v) is 7.99.